The Kier molecular flexibility index (Phi) is 5.21. The lowest BCUT2D eigenvalue weighted by molar-refractivity contribution is -0.117. The molecule has 0 amide bonds. The smallest absolute Gasteiger partial charge is 0.0903 e. The van der Waals surface area contributed by atoms with Gasteiger partial charge in [0.2, 0.25) is 0 Å². The van der Waals surface area contributed by atoms with Crippen LogP contribution in [0.25, 0.3) is 0 Å². The topological polar surface area (TPSA) is 12.5 Å². The Morgan fingerprint density at radius 2 is 1.72 bits per heavy atom. The lowest BCUT2D eigenvalue weighted by Crippen LogP contribution is -2.56. The van der Waals surface area contributed by atoms with Gasteiger partial charge in [0, 0.05) is 5.41 Å². The highest BCUT2D eigenvalue weighted by Gasteiger charge is 2.68. The van der Waals surface area contributed by atoms with Gasteiger partial charge in [-0.15, -0.1) is 0 Å². The minimum Gasteiger partial charge on any atom is -0.369 e. The molecule has 0 aromatic heterocycles. The third-order valence-corrected chi connectivity index (χ3v) is 11.5. The number of fused-ring (bicyclic) bond motifs is 7. The van der Waals surface area contributed by atoms with Crippen LogP contribution in [0, 0.1) is 58.2 Å². The summed E-state index contributed by atoms with van der Waals surface area (Å²) >= 11 is 0. The van der Waals surface area contributed by atoms with Crippen LogP contribution < -0.4 is 0 Å². The number of ether oxygens (including phenoxy) is 1. The van der Waals surface area contributed by atoms with Crippen LogP contribution in [0.2, 0.25) is 0 Å². The van der Waals surface area contributed by atoms with E-state index in [4.69, 9.17) is 4.74 Å². The Bertz CT molecular complexity index is 611. The quantitative estimate of drug-likeness (QED) is 0.430. The third kappa shape index (κ3) is 3.10. The third-order valence-electron chi connectivity index (χ3n) is 11.5. The second kappa shape index (κ2) is 7.25. The van der Waals surface area contributed by atoms with Crippen molar-refractivity contribution in [3.05, 3.63) is 0 Å². The summed E-state index contributed by atoms with van der Waals surface area (Å²) < 4.78 is 6.37. The molecule has 0 aromatic carbocycles. The fourth-order valence-electron chi connectivity index (χ4n) is 9.95. The molecule has 4 aliphatic carbocycles. The molecule has 0 aromatic rings. The van der Waals surface area contributed by atoms with Crippen molar-refractivity contribution in [3.8, 4) is 0 Å². The van der Waals surface area contributed by atoms with E-state index in [1.165, 1.54) is 64.2 Å². The molecule has 1 saturated heterocycles. The maximum absolute atomic E-state index is 6.37. The number of rotatable bonds is 5. The summed E-state index contributed by atoms with van der Waals surface area (Å²) in [6.07, 6.45) is 16.1. The van der Waals surface area contributed by atoms with E-state index in [2.05, 4.69) is 41.5 Å². The van der Waals surface area contributed by atoms with Crippen LogP contribution in [0.3, 0.4) is 0 Å². The number of hydrogen-bond donors (Lipinski definition) is 0. The molecular weight excluding hydrogens is 352 g/mol. The average molecular weight is 401 g/mol. The first-order valence-electron chi connectivity index (χ1n) is 13.4. The fourth-order valence-corrected chi connectivity index (χ4v) is 9.95. The second-order valence-electron chi connectivity index (χ2n) is 13.3. The number of epoxide rings is 1. The van der Waals surface area contributed by atoms with Crippen molar-refractivity contribution in [1.29, 1.82) is 0 Å². The van der Waals surface area contributed by atoms with E-state index in [1.807, 2.05) is 0 Å². The molecule has 5 fully saturated rings. The Labute approximate surface area is 181 Å². The van der Waals surface area contributed by atoms with Gasteiger partial charge in [-0.1, -0.05) is 60.8 Å². The van der Waals surface area contributed by atoms with Crippen molar-refractivity contribution in [1.82, 2.24) is 0 Å². The van der Waals surface area contributed by atoms with Crippen LogP contribution in [-0.4, -0.2) is 12.2 Å². The molecule has 29 heavy (non-hydrogen) atoms. The monoisotopic (exact) mass is 400 g/mol. The highest BCUT2D eigenvalue weighted by molar-refractivity contribution is 5.16. The predicted octanol–water partition coefficient (Wildman–Crippen LogP) is 7.73. The van der Waals surface area contributed by atoms with Gasteiger partial charge in [-0.05, 0) is 97.7 Å². The van der Waals surface area contributed by atoms with Crippen molar-refractivity contribution in [3.63, 3.8) is 0 Å². The maximum atomic E-state index is 6.37. The van der Waals surface area contributed by atoms with Gasteiger partial charge in [0.25, 0.3) is 0 Å². The van der Waals surface area contributed by atoms with E-state index in [9.17, 15) is 0 Å². The molecule has 1 heterocycles. The maximum Gasteiger partial charge on any atom is 0.0903 e. The zero-order valence-electron chi connectivity index (χ0n) is 20.3. The molecule has 11 atom stereocenters. The zero-order valence-corrected chi connectivity index (χ0v) is 20.3. The summed E-state index contributed by atoms with van der Waals surface area (Å²) in [6.45, 7) is 15.2. The molecule has 1 nitrogen and oxygen atoms in total. The molecule has 0 unspecified atom stereocenters. The van der Waals surface area contributed by atoms with Crippen molar-refractivity contribution in [2.24, 2.45) is 58.2 Å². The SMILES string of the molecule is CC(C)CCC[C@@H](C)[C@H]1CC[C@H]2[C@@H]3CC[C@H]4C[C@H](C)[C@@H]5O[C@@H]5[C@]4(C)[C@H]3CC[C@]12C. The Balaban J connectivity index is 1.31. The van der Waals surface area contributed by atoms with E-state index in [1.54, 1.807) is 0 Å². The standard InChI is InChI=1S/C28H48O/c1-17(2)8-7-9-18(3)22-12-13-23-21-11-10-20-16-19(4)25-26(29-25)28(20,6)24(21)14-15-27(22,23)5/h17-26H,7-16H2,1-6H3/t18-,19+,20+,21+,22-,23+,24+,25+,26+,27-,28+/m1/s1. The van der Waals surface area contributed by atoms with E-state index in [0.29, 0.717) is 23.0 Å². The first-order valence-corrected chi connectivity index (χ1v) is 13.4. The highest BCUT2D eigenvalue weighted by atomic mass is 16.6. The van der Waals surface area contributed by atoms with Crippen molar-refractivity contribution in [2.75, 3.05) is 0 Å². The molecule has 166 valence electrons. The van der Waals surface area contributed by atoms with E-state index >= 15 is 0 Å². The van der Waals surface area contributed by atoms with E-state index in [0.717, 1.165) is 47.3 Å². The van der Waals surface area contributed by atoms with Crippen LogP contribution in [0.4, 0.5) is 0 Å². The minimum absolute atomic E-state index is 0.502. The predicted molar refractivity (Wildman–Crippen MR) is 122 cm³/mol. The van der Waals surface area contributed by atoms with E-state index < -0.39 is 0 Å². The summed E-state index contributed by atoms with van der Waals surface area (Å²) in [5, 5.41) is 0. The van der Waals surface area contributed by atoms with Gasteiger partial charge in [-0.25, -0.2) is 0 Å². The summed E-state index contributed by atoms with van der Waals surface area (Å²) in [5.74, 6) is 7.50. The molecule has 0 bridgehead atoms. The lowest BCUT2D eigenvalue weighted by atomic mass is 9.44. The average Bonchev–Trinajstić information content (AvgIpc) is 3.40. The van der Waals surface area contributed by atoms with Gasteiger partial charge in [0.05, 0.1) is 12.2 Å². The van der Waals surface area contributed by atoms with E-state index in [-0.39, 0.29) is 0 Å². The van der Waals surface area contributed by atoms with Crippen molar-refractivity contribution < 1.29 is 4.74 Å². The van der Waals surface area contributed by atoms with Crippen LogP contribution >= 0.6 is 0 Å². The Morgan fingerprint density at radius 1 is 0.931 bits per heavy atom. The molecular formula is C28H48O. The molecule has 1 heteroatoms. The molecule has 1 aliphatic heterocycles. The molecule has 4 saturated carbocycles. The largest absolute Gasteiger partial charge is 0.369 e. The highest BCUT2D eigenvalue weighted by Crippen LogP contribution is 2.71. The first-order chi connectivity index (χ1) is 13.8. The van der Waals surface area contributed by atoms with Crippen LogP contribution in [0.5, 0.6) is 0 Å². The summed E-state index contributed by atoms with van der Waals surface area (Å²) in [5.41, 5.74) is 1.13. The molecule has 5 aliphatic rings. The Hall–Kier alpha value is -0.0400. The van der Waals surface area contributed by atoms with Crippen LogP contribution in [0.1, 0.15) is 106 Å². The molecule has 5 rings (SSSR count). The zero-order chi connectivity index (χ0) is 20.6. The van der Waals surface area contributed by atoms with Crippen LogP contribution in [-0.2, 0) is 4.74 Å². The van der Waals surface area contributed by atoms with Gasteiger partial charge in [-0.2, -0.15) is 0 Å². The van der Waals surface area contributed by atoms with Crippen LogP contribution in [0.15, 0.2) is 0 Å². The Morgan fingerprint density at radius 3 is 2.48 bits per heavy atom. The minimum atomic E-state index is 0.502. The second-order valence-corrected chi connectivity index (χ2v) is 13.3. The summed E-state index contributed by atoms with van der Waals surface area (Å²) in [7, 11) is 0. The number of hydrogen-bond acceptors (Lipinski definition) is 1. The molecule has 0 N–H and O–H groups in total. The first kappa shape index (κ1) is 20.8. The van der Waals surface area contributed by atoms with Crippen molar-refractivity contribution in [2.45, 2.75) is 118 Å². The molecule has 0 radical (unpaired) electrons. The van der Waals surface area contributed by atoms with Gasteiger partial charge in [-0.3, -0.25) is 0 Å². The van der Waals surface area contributed by atoms with Gasteiger partial charge in [0.15, 0.2) is 0 Å². The fraction of sp³-hybridized carbons (Fsp3) is 1.00. The summed E-state index contributed by atoms with van der Waals surface area (Å²) in [6, 6.07) is 0. The van der Waals surface area contributed by atoms with Crippen molar-refractivity contribution >= 4 is 0 Å². The molecule has 0 spiro atoms. The summed E-state index contributed by atoms with van der Waals surface area (Å²) in [4.78, 5) is 0. The van der Waals surface area contributed by atoms with Gasteiger partial charge in [0.1, 0.15) is 0 Å². The lowest BCUT2D eigenvalue weighted by Gasteiger charge is -2.60. The normalized spacial score (nSPS) is 54.3. The van der Waals surface area contributed by atoms with Gasteiger partial charge < -0.3 is 4.74 Å². The van der Waals surface area contributed by atoms with Gasteiger partial charge >= 0.3 is 0 Å².